The molecule has 0 heterocycles. The molecule has 0 aromatic heterocycles. The van der Waals surface area contributed by atoms with E-state index in [1.165, 1.54) is 0 Å². The number of aryl methyl sites for hydroxylation is 3. The summed E-state index contributed by atoms with van der Waals surface area (Å²) in [6.07, 6.45) is 2.01. The number of rotatable bonds is 7. The summed E-state index contributed by atoms with van der Waals surface area (Å²) in [5, 5.41) is 14.6. The summed E-state index contributed by atoms with van der Waals surface area (Å²) < 4.78 is 5.30. The van der Waals surface area contributed by atoms with Crippen LogP contribution in [-0.2, 0) is 4.79 Å². The second-order valence-electron chi connectivity index (χ2n) is 7.35. The summed E-state index contributed by atoms with van der Waals surface area (Å²) in [7, 11) is 0. The van der Waals surface area contributed by atoms with Gasteiger partial charge in [0.05, 0.1) is 0 Å². The molecule has 0 radical (unpaired) electrons. The molecule has 7 nitrogen and oxygen atoms in total. The molecule has 0 saturated heterocycles. The monoisotopic (exact) mass is 396 g/mol. The van der Waals surface area contributed by atoms with Crippen molar-refractivity contribution in [3.05, 3.63) is 58.1 Å². The molecule has 0 bridgehead atoms. The lowest BCUT2D eigenvalue weighted by Gasteiger charge is -2.14. The first-order chi connectivity index (χ1) is 13.7. The molecular formula is C22H24N2O5. The first kappa shape index (κ1) is 20.4. The predicted molar refractivity (Wildman–Crippen MR) is 109 cm³/mol. The number of carbonyl (C=O) groups excluding carboxylic acids is 2. The van der Waals surface area contributed by atoms with Gasteiger partial charge in [0.25, 0.3) is 11.8 Å². The highest BCUT2D eigenvalue weighted by Crippen LogP contribution is 2.26. The number of aliphatic carboxylic acids is 1. The molecule has 7 heteroatoms. The normalized spacial score (nSPS) is 12.9. The number of anilines is 1. The molecule has 1 saturated carbocycles. The van der Waals surface area contributed by atoms with Gasteiger partial charge >= 0.3 is 5.97 Å². The maximum absolute atomic E-state index is 12.8. The molecule has 2 amide bonds. The van der Waals surface area contributed by atoms with Gasteiger partial charge in [0.15, 0.2) is 6.61 Å². The summed E-state index contributed by atoms with van der Waals surface area (Å²) in [6.45, 7) is 4.93. The van der Waals surface area contributed by atoms with E-state index in [9.17, 15) is 14.4 Å². The molecule has 152 valence electrons. The van der Waals surface area contributed by atoms with Gasteiger partial charge in [0.1, 0.15) is 5.75 Å². The lowest BCUT2D eigenvalue weighted by Crippen LogP contribution is -2.25. The molecule has 0 spiro atoms. The Kier molecular flexibility index (Phi) is 5.87. The van der Waals surface area contributed by atoms with Crippen molar-refractivity contribution in [3.8, 4) is 5.75 Å². The zero-order valence-corrected chi connectivity index (χ0v) is 16.7. The van der Waals surface area contributed by atoms with Crippen LogP contribution in [0.1, 0.15) is 50.2 Å². The van der Waals surface area contributed by atoms with Crippen molar-refractivity contribution in [2.45, 2.75) is 39.7 Å². The van der Waals surface area contributed by atoms with Crippen molar-refractivity contribution >= 4 is 23.5 Å². The van der Waals surface area contributed by atoms with E-state index in [0.717, 1.165) is 18.4 Å². The Bertz CT molecular complexity index is 956. The largest absolute Gasteiger partial charge is 0.481 e. The second kappa shape index (κ2) is 8.34. The van der Waals surface area contributed by atoms with Crippen LogP contribution in [0.2, 0.25) is 0 Å². The number of ether oxygens (including phenoxy) is 1. The first-order valence-corrected chi connectivity index (χ1v) is 9.43. The Morgan fingerprint density at radius 3 is 2.21 bits per heavy atom. The van der Waals surface area contributed by atoms with Crippen LogP contribution in [0.3, 0.4) is 0 Å². The maximum atomic E-state index is 12.8. The third kappa shape index (κ3) is 5.13. The molecular weight excluding hydrogens is 372 g/mol. The molecule has 1 aliphatic carbocycles. The van der Waals surface area contributed by atoms with Crippen LogP contribution in [0.4, 0.5) is 5.69 Å². The number of hydrogen-bond acceptors (Lipinski definition) is 4. The Morgan fingerprint density at radius 2 is 1.62 bits per heavy atom. The Balaban J connectivity index is 1.77. The minimum absolute atomic E-state index is 0.144. The smallest absolute Gasteiger partial charge is 0.341 e. The quantitative estimate of drug-likeness (QED) is 0.667. The standard InChI is InChI=1S/C22H24N2O5/c1-12-4-5-15(21(27)23-17-6-7-17)10-18(12)24-22(28)16-8-13(2)20(14(3)9-16)29-11-19(25)26/h4-5,8-10,17H,6-7,11H2,1-3H3,(H,23,27)(H,24,28)(H,25,26). The maximum Gasteiger partial charge on any atom is 0.341 e. The van der Waals surface area contributed by atoms with Crippen molar-refractivity contribution < 1.29 is 24.2 Å². The number of benzene rings is 2. The fourth-order valence-electron chi connectivity index (χ4n) is 3.03. The van der Waals surface area contributed by atoms with Gasteiger partial charge in [-0.15, -0.1) is 0 Å². The lowest BCUT2D eigenvalue weighted by molar-refractivity contribution is -0.139. The summed E-state index contributed by atoms with van der Waals surface area (Å²) >= 11 is 0. The van der Waals surface area contributed by atoms with E-state index in [-0.39, 0.29) is 17.9 Å². The summed E-state index contributed by atoms with van der Waals surface area (Å²) in [4.78, 5) is 35.8. The average Bonchev–Trinajstić information content (AvgIpc) is 3.46. The fourth-order valence-corrected chi connectivity index (χ4v) is 3.03. The van der Waals surface area contributed by atoms with Crippen molar-refractivity contribution in [1.82, 2.24) is 5.32 Å². The van der Waals surface area contributed by atoms with Gasteiger partial charge in [-0.1, -0.05) is 6.07 Å². The van der Waals surface area contributed by atoms with Gasteiger partial charge < -0.3 is 20.5 Å². The zero-order valence-electron chi connectivity index (χ0n) is 16.7. The van der Waals surface area contributed by atoms with E-state index < -0.39 is 12.6 Å². The highest BCUT2D eigenvalue weighted by Gasteiger charge is 2.24. The van der Waals surface area contributed by atoms with E-state index in [4.69, 9.17) is 9.84 Å². The van der Waals surface area contributed by atoms with Crippen molar-refractivity contribution in [3.63, 3.8) is 0 Å². The molecule has 1 fully saturated rings. The van der Waals surface area contributed by atoms with E-state index in [0.29, 0.717) is 33.7 Å². The number of carboxylic acid groups (broad SMARTS) is 1. The van der Waals surface area contributed by atoms with Gasteiger partial charge in [-0.3, -0.25) is 9.59 Å². The molecule has 0 aliphatic heterocycles. The van der Waals surface area contributed by atoms with E-state index >= 15 is 0 Å². The highest BCUT2D eigenvalue weighted by molar-refractivity contribution is 6.06. The zero-order chi connectivity index (χ0) is 21.1. The van der Waals surface area contributed by atoms with Crippen molar-refractivity contribution in [2.75, 3.05) is 11.9 Å². The average molecular weight is 396 g/mol. The topological polar surface area (TPSA) is 105 Å². The van der Waals surface area contributed by atoms with Crippen molar-refractivity contribution in [1.29, 1.82) is 0 Å². The first-order valence-electron chi connectivity index (χ1n) is 9.43. The molecule has 0 atom stereocenters. The van der Waals surface area contributed by atoms with Crippen LogP contribution in [0.5, 0.6) is 5.75 Å². The van der Waals surface area contributed by atoms with E-state index in [2.05, 4.69) is 10.6 Å². The van der Waals surface area contributed by atoms with E-state index in [1.807, 2.05) is 6.92 Å². The van der Waals surface area contributed by atoms with Gasteiger partial charge in [-0.05, 0) is 74.6 Å². The molecule has 2 aromatic rings. The fraction of sp³-hybridized carbons (Fsp3) is 0.318. The number of nitrogens with one attached hydrogen (secondary N) is 2. The van der Waals surface area contributed by atoms with Gasteiger partial charge in [0.2, 0.25) is 0 Å². The number of carboxylic acids is 1. The third-order valence-corrected chi connectivity index (χ3v) is 4.72. The van der Waals surface area contributed by atoms with Crippen LogP contribution in [0, 0.1) is 20.8 Å². The lowest BCUT2D eigenvalue weighted by atomic mass is 10.0. The number of amides is 2. The summed E-state index contributed by atoms with van der Waals surface area (Å²) in [6, 6.07) is 8.78. The molecule has 0 unspecified atom stereocenters. The Labute approximate surface area is 169 Å². The molecule has 3 N–H and O–H groups in total. The Hall–Kier alpha value is -3.35. The number of hydrogen-bond donors (Lipinski definition) is 3. The molecule has 3 rings (SSSR count). The van der Waals surface area contributed by atoms with Crippen LogP contribution < -0.4 is 15.4 Å². The summed E-state index contributed by atoms with van der Waals surface area (Å²) in [5.41, 5.74) is 3.69. The molecule has 2 aromatic carbocycles. The SMILES string of the molecule is Cc1ccc(C(=O)NC2CC2)cc1NC(=O)c1cc(C)c(OCC(=O)O)c(C)c1. The highest BCUT2D eigenvalue weighted by atomic mass is 16.5. The third-order valence-electron chi connectivity index (χ3n) is 4.72. The van der Waals surface area contributed by atoms with Crippen LogP contribution in [0.15, 0.2) is 30.3 Å². The second-order valence-corrected chi connectivity index (χ2v) is 7.35. The molecule has 1 aliphatic rings. The van der Waals surface area contributed by atoms with Crippen molar-refractivity contribution in [2.24, 2.45) is 0 Å². The van der Waals surface area contributed by atoms with Gasteiger partial charge in [-0.2, -0.15) is 0 Å². The van der Waals surface area contributed by atoms with Crippen LogP contribution in [-0.4, -0.2) is 35.5 Å². The van der Waals surface area contributed by atoms with Gasteiger partial charge in [-0.25, -0.2) is 4.79 Å². The molecule has 29 heavy (non-hydrogen) atoms. The number of carbonyl (C=O) groups is 3. The van der Waals surface area contributed by atoms with Crippen LogP contribution in [0.25, 0.3) is 0 Å². The van der Waals surface area contributed by atoms with Crippen LogP contribution >= 0.6 is 0 Å². The minimum Gasteiger partial charge on any atom is -0.481 e. The predicted octanol–water partition coefficient (Wildman–Crippen LogP) is 3.22. The van der Waals surface area contributed by atoms with E-state index in [1.54, 1.807) is 44.2 Å². The Morgan fingerprint density at radius 1 is 0.966 bits per heavy atom. The minimum atomic E-state index is -1.06. The van der Waals surface area contributed by atoms with Gasteiger partial charge in [0, 0.05) is 22.9 Å². The summed E-state index contributed by atoms with van der Waals surface area (Å²) in [5.74, 6) is -1.07.